The second-order valence-corrected chi connectivity index (χ2v) is 7.76. The van der Waals surface area contributed by atoms with E-state index in [0.717, 1.165) is 18.4 Å². The zero-order valence-electron chi connectivity index (χ0n) is 12.3. The molecule has 7 heteroatoms. The Bertz CT molecular complexity index is 589. The Morgan fingerprint density at radius 1 is 1.38 bits per heavy atom. The number of nitrogens with one attached hydrogen (secondary N) is 1. The van der Waals surface area contributed by atoms with Gasteiger partial charge in [-0.15, -0.1) is 0 Å². The van der Waals surface area contributed by atoms with Crippen LogP contribution >= 0.6 is 0 Å². The lowest BCUT2D eigenvalue weighted by Gasteiger charge is -2.29. The Morgan fingerprint density at radius 2 is 2.05 bits per heavy atom. The van der Waals surface area contributed by atoms with Gasteiger partial charge in [0.05, 0.1) is 5.25 Å². The van der Waals surface area contributed by atoms with E-state index in [2.05, 4.69) is 10.3 Å². The first kappa shape index (κ1) is 15.8. The summed E-state index contributed by atoms with van der Waals surface area (Å²) in [5.74, 6) is 0. The Morgan fingerprint density at radius 3 is 2.67 bits per heavy atom. The van der Waals surface area contributed by atoms with Gasteiger partial charge in [-0.2, -0.15) is 0 Å². The van der Waals surface area contributed by atoms with Crippen LogP contribution in [0.2, 0.25) is 0 Å². The summed E-state index contributed by atoms with van der Waals surface area (Å²) in [5, 5.41) is 2.36. The normalized spacial score (nSPS) is 22.0. The van der Waals surface area contributed by atoms with E-state index in [0.29, 0.717) is 13.0 Å². The summed E-state index contributed by atoms with van der Waals surface area (Å²) < 4.78 is 23.6. The number of aromatic nitrogens is 1. The zero-order chi connectivity index (χ0) is 15.5. The van der Waals surface area contributed by atoms with Gasteiger partial charge in [-0.1, -0.05) is 0 Å². The van der Waals surface area contributed by atoms with E-state index in [9.17, 15) is 13.2 Å². The summed E-state index contributed by atoms with van der Waals surface area (Å²) in [4.78, 5) is 17.6. The van der Waals surface area contributed by atoms with E-state index in [1.165, 1.54) is 11.2 Å². The fourth-order valence-corrected chi connectivity index (χ4v) is 4.29. The third-order valence-corrected chi connectivity index (χ3v) is 5.63. The van der Waals surface area contributed by atoms with Crippen LogP contribution in [-0.2, 0) is 16.4 Å². The fraction of sp³-hybridized carbons (Fsp3) is 0.571. The van der Waals surface area contributed by atoms with Gasteiger partial charge in [-0.3, -0.25) is 4.98 Å². The lowest BCUT2D eigenvalue weighted by molar-refractivity contribution is 0.191. The molecule has 0 unspecified atom stereocenters. The van der Waals surface area contributed by atoms with E-state index < -0.39 is 15.1 Å². The second-order valence-electron chi connectivity index (χ2n) is 5.49. The van der Waals surface area contributed by atoms with Crippen molar-refractivity contribution in [2.45, 2.75) is 37.1 Å². The fourth-order valence-electron chi connectivity index (χ4n) is 2.80. The first-order valence-electron chi connectivity index (χ1n) is 6.98. The molecule has 0 saturated heterocycles. The Hall–Kier alpha value is -1.63. The number of hydrogen-bond donors (Lipinski definition) is 1. The minimum Gasteiger partial charge on any atom is -0.334 e. The van der Waals surface area contributed by atoms with Crippen LogP contribution in [0.4, 0.5) is 4.79 Å². The summed E-state index contributed by atoms with van der Waals surface area (Å²) in [6.07, 6.45) is 6.79. The molecule has 1 aliphatic carbocycles. The van der Waals surface area contributed by atoms with Gasteiger partial charge < -0.3 is 10.2 Å². The van der Waals surface area contributed by atoms with Gasteiger partial charge in [0.1, 0.15) is 0 Å². The number of amides is 2. The van der Waals surface area contributed by atoms with Crippen LogP contribution in [0.15, 0.2) is 24.5 Å². The summed E-state index contributed by atoms with van der Waals surface area (Å²) in [6, 6.07) is 3.18. The van der Waals surface area contributed by atoms with Crippen LogP contribution in [0.3, 0.4) is 0 Å². The smallest absolute Gasteiger partial charge is 0.317 e. The molecule has 1 saturated carbocycles. The summed E-state index contributed by atoms with van der Waals surface area (Å²) in [5.41, 5.74) is 0.956. The molecule has 2 amide bonds. The van der Waals surface area contributed by atoms with Crippen LogP contribution in [0.5, 0.6) is 0 Å². The third kappa shape index (κ3) is 3.93. The maximum atomic E-state index is 12.2. The van der Waals surface area contributed by atoms with Gasteiger partial charge >= 0.3 is 6.03 Å². The molecule has 6 nitrogen and oxygen atoms in total. The maximum Gasteiger partial charge on any atom is 0.317 e. The highest BCUT2D eigenvalue weighted by Gasteiger charge is 2.38. The predicted octanol–water partition coefficient (Wildman–Crippen LogP) is 1.19. The summed E-state index contributed by atoms with van der Waals surface area (Å²) >= 11 is 0. The second kappa shape index (κ2) is 6.43. The van der Waals surface area contributed by atoms with Crippen molar-refractivity contribution in [2.75, 3.05) is 13.3 Å². The average Bonchev–Trinajstić information content (AvgIpc) is 2.94. The summed E-state index contributed by atoms with van der Waals surface area (Å²) in [7, 11) is -1.46. The molecule has 0 aliphatic heterocycles. The maximum absolute atomic E-state index is 12.2. The molecule has 1 N–H and O–H groups in total. The van der Waals surface area contributed by atoms with Crippen molar-refractivity contribution in [2.24, 2.45) is 0 Å². The van der Waals surface area contributed by atoms with E-state index in [4.69, 9.17) is 0 Å². The SMILES string of the molecule is CN(C(=O)NCc1ccncc1)[C@@H]1CCC[C@@H]1S(C)(=O)=O. The Balaban J connectivity index is 1.96. The number of urea groups is 1. The van der Waals surface area contributed by atoms with Gasteiger partial charge in [-0.25, -0.2) is 13.2 Å². The standard InChI is InChI=1S/C14H21N3O3S/c1-17(12-4-3-5-13(12)21(2,19)20)14(18)16-10-11-6-8-15-9-7-11/h6-9,12-13H,3-5,10H2,1-2H3,(H,16,18)/t12-,13+/m1/s1. The van der Waals surface area contributed by atoms with Crippen molar-refractivity contribution in [3.05, 3.63) is 30.1 Å². The number of hydrogen-bond acceptors (Lipinski definition) is 4. The molecule has 116 valence electrons. The van der Waals surface area contributed by atoms with Crippen molar-refractivity contribution < 1.29 is 13.2 Å². The quantitative estimate of drug-likeness (QED) is 0.906. The highest BCUT2D eigenvalue weighted by Crippen LogP contribution is 2.28. The highest BCUT2D eigenvalue weighted by molar-refractivity contribution is 7.91. The van der Waals surface area contributed by atoms with Crippen LogP contribution in [0, 0.1) is 0 Å². The molecule has 2 rings (SSSR count). The zero-order valence-corrected chi connectivity index (χ0v) is 13.1. The molecule has 1 aliphatic rings. The van der Waals surface area contributed by atoms with Gasteiger partial charge in [0.2, 0.25) is 0 Å². The van der Waals surface area contributed by atoms with Crippen molar-refractivity contribution in [3.8, 4) is 0 Å². The molecule has 1 aromatic rings. The largest absolute Gasteiger partial charge is 0.334 e. The van der Waals surface area contributed by atoms with Gasteiger partial charge in [-0.05, 0) is 37.0 Å². The lowest BCUT2D eigenvalue weighted by Crippen LogP contribution is -2.48. The van der Waals surface area contributed by atoms with Crippen LogP contribution in [0.25, 0.3) is 0 Å². The van der Waals surface area contributed by atoms with Gasteiger partial charge in [0.15, 0.2) is 9.84 Å². The Labute approximate surface area is 125 Å². The predicted molar refractivity (Wildman–Crippen MR) is 80.5 cm³/mol. The van der Waals surface area contributed by atoms with Crippen LogP contribution < -0.4 is 5.32 Å². The molecular formula is C14H21N3O3S. The molecule has 0 bridgehead atoms. The molecule has 1 fully saturated rings. The van der Waals surface area contributed by atoms with E-state index >= 15 is 0 Å². The topological polar surface area (TPSA) is 79.4 Å². The molecule has 1 aromatic heterocycles. The molecule has 0 aromatic carbocycles. The van der Waals surface area contributed by atoms with E-state index in [1.807, 2.05) is 12.1 Å². The number of sulfone groups is 1. The first-order valence-corrected chi connectivity index (χ1v) is 8.93. The minimum absolute atomic E-state index is 0.238. The number of carbonyl (C=O) groups is 1. The highest BCUT2D eigenvalue weighted by atomic mass is 32.2. The third-order valence-electron chi connectivity index (χ3n) is 3.98. The monoisotopic (exact) mass is 311 g/mol. The lowest BCUT2D eigenvalue weighted by atomic mass is 10.2. The molecule has 2 atom stereocenters. The van der Waals surface area contributed by atoms with E-state index in [-0.39, 0.29) is 12.1 Å². The van der Waals surface area contributed by atoms with Crippen molar-refractivity contribution in [1.29, 1.82) is 0 Å². The molecular weight excluding hydrogens is 290 g/mol. The summed E-state index contributed by atoms with van der Waals surface area (Å²) in [6.45, 7) is 0.405. The van der Waals surface area contributed by atoms with Crippen LogP contribution in [-0.4, -0.2) is 48.9 Å². The van der Waals surface area contributed by atoms with Crippen molar-refractivity contribution in [3.63, 3.8) is 0 Å². The Kier molecular flexibility index (Phi) is 4.82. The van der Waals surface area contributed by atoms with Gasteiger partial charge in [0.25, 0.3) is 0 Å². The minimum atomic E-state index is -3.13. The van der Waals surface area contributed by atoms with Gasteiger partial charge in [0, 0.05) is 38.3 Å². The number of rotatable bonds is 4. The molecule has 0 spiro atoms. The molecule has 21 heavy (non-hydrogen) atoms. The number of pyridine rings is 1. The average molecular weight is 311 g/mol. The van der Waals surface area contributed by atoms with E-state index in [1.54, 1.807) is 19.4 Å². The molecule has 0 radical (unpaired) electrons. The first-order chi connectivity index (χ1) is 9.89. The number of carbonyl (C=O) groups excluding carboxylic acids is 1. The van der Waals surface area contributed by atoms with Crippen molar-refractivity contribution in [1.82, 2.24) is 15.2 Å². The van der Waals surface area contributed by atoms with Crippen molar-refractivity contribution >= 4 is 15.9 Å². The number of nitrogens with zero attached hydrogens (tertiary/aromatic N) is 2. The molecule has 1 heterocycles. The van der Waals surface area contributed by atoms with Crippen LogP contribution in [0.1, 0.15) is 24.8 Å².